The maximum atomic E-state index is 11.5. The zero-order valence-corrected chi connectivity index (χ0v) is 16.5. The van der Waals surface area contributed by atoms with E-state index in [9.17, 15) is 30.3 Å². The minimum absolute atomic E-state index is 0.104. The van der Waals surface area contributed by atoms with Crippen molar-refractivity contribution in [3.8, 4) is 0 Å². The van der Waals surface area contributed by atoms with Gasteiger partial charge < -0.3 is 5.73 Å². The van der Waals surface area contributed by atoms with Crippen molar-refractivity contribution in [1.82, 2.24) is 0 Å². The van der Waals surface area contributed by atoms with Gasteiger partial charge in [-0.1, -0.05) is 42.5 Å². The van der Waals surface area contributed by atoms with Crippen LogP contribution in [0.4, 0.5) is 22.7 Å². The second kappa shape index (κ2) is 9.30. The second-order valence-corrected chi connectivity index (χ2v) is 6.63. The summed E-state index contributed by atoms with van der Waals surface area (Å²) >= 11 is 0. The quantitative estimate of drug-likeness (QED) is 0.229. The summed E-state index contributed by atoms with van der Waals surface area (Å²) in [5, 5.41) is 34.0. The van der Waals surface area contributed by atoms with Crippen LogP contribution in [0, 0.1) is 30.3 Å². The van der Waals surface area contributed by atoms with Gasteiger partial charge in [-0.15, -0.1) is 0 Å². The van der Waals surface area contributed by atoms with Gasteiger partial charge in [0.2, 0.25) is 0 Å². The SMILES string of the molecule is Nc1ccccc1C=Cc1cc(C=Cc2cccc([N+](=O)[O-])c2)c([N+](=O)[O-])cc1[N+](=O)[O-]. The van der Waals surface area contributed by atoms with Crippen molar-refractivity contribution < 1.29 is 14.8 Å². The van der Waals surface area contributed by atoms with Gasteiger partial charge in [-0.2, -0.15) is 0 Å². The molecule has 2 N–H and O–H groups in total. The molecule has 3 aromatic carbocycles. The maximum absolute atomic E-state index is 11.5. The number of nitrogen functional groups attached to an aromatic ring is 1. The Balaban J connectivity index is 2.09. The van der Waals surface area contributed by atoms with Crippen LogP contribution in [-0.4, -0.2) is 14.8 Å². The molecule has 160 valence electrons. The lowest BCUT2D eigenvalue weighted by Gasteiger charge is -2.04. The van der Waals surface area contributed by atoms with Crippen molar-refractivity contribution in [3.63, 3.8) is 0 Å². The Labute approximate surface area is 181 Å². The van der Waals surface area contributed by atoms with E-state index in [2.05, 4.69) is 0 Å². The summed E-state index contributed by atoms with van der Waals surface area (Å²) in [6, 6.07) is 14.8. The number of para-hydroxylation sites is 1. The zero-order valence-electron chi connectivity index (χ0n) is 16.5. The Hall–Kier alpha value is -4.86. The van der Waals surface area contributed by atoms with Gasteiger partial charge in [-0.25, -0.2) is 0 Å². The molecule has 32 heavy (non-hydrogen) atoms. The van der Waals surface area contributed by atoms with Crippen molar-refractivity contribution in [2.45, 2.75) is 0 Å². The monoisotopic (exact) mass is 432 g/mol. The van der Waals surface area contributed by atoms with Gasteiger partial charge in [-0.3, -0.25) is 30.3 Å². The fourth-order valence-electron chi connectivity index (χ4n) is 2.97. The number of benzene rings is 3. The molecule has 0 atom stereocenters. The summed E-state index contributed by atoms with van der Waals surface area (Å²) in [6.45, 7) is 0. The Morgan fingerprint density at radius 2 is 1.22 bits per heavy atom. The average Bonchev–Trinajstić information content (AvgIpc) is 2.76. The largest absolute Gasteiger partial charge is 0.398 e. The smallest absolute Gasteiger partial charge is 0.283 e. The van der Waals surface area contributed by atoms with Crippen LogP contribution in [-0.2, 0) is 0 Å². The third-order valence-electron chi connectivity index (χ3n) is 4.54. The normalized spacial score (nSPS) is 11.1. The standard InChI is InChI=1S/C22H16N4O6/c23-20-7-2-1-5-16(20)10-11-18-13-17(21(25(29)30)14-22(18)26(31)32)9-8-15-4-3-6-19(12-15)24(27)28/h1-14H,23H2. The Morgan fingerprint density at radius 3 is 1.81 bits per heavy atom. The van der Waals surface area contributed by atoms with Gasteiger partial charge >= 0.3 is 0 Å². The van der Waals surface area contributed by atoms with Crippen molar-refractivity contribution in [2.75, 3.05) is 5.73 Å². The summed E-state index contributed by atoms with van der Waals surface area (Å²) in [5.74, 6) is 0. The highest BCUT2D eigenvalue weighted by atomic mass is 16.6. The third kappa shape index (κ3) is 5.00. The van der Waals surface area contributed by atoms with E-state index < -0.39 is 26.1 Å². The van der Waals surface area contributed by atoms with Gasteiger partial charge in [0.25, 0.3) is 17.1 Å². The van der Waals surface area contributed by atoms with Crippen LogP contribution in [0.3, 0.4) is 0 Å². The molecule has 3 aromatic rings. The molecule has 0 aromatic heterocycles. The van der Waals surface area contributed by atoms with E-state index in [-0.39, 0.29) is 16.8 Å². The zero-order chi connectivity index (χ0) is 23.3. The molecule has 0 aliphatic heterocycles. The highest BCUT2D eigenvalue weighted by Crippen LogP contribution is 2.32. The number of nitrogens with zero attached hydrogens (tertiary/aromatic N) is 3. The molecule has 0 saturated heterocycles. The van der Waals surface area contributed by atoms with Crippen LogP contribution in [0.2, 0.25) is 0 Å². The van der Waals surface area contributed by atoms with Crippen molar-refractivity contribution in [2.24, 2.45) is 0 Å². The first-order valence-corrected chi connectivity index (χ1v) is 9.18. The molecule has 0 unspecified atom stereocenters. The molecular formula is C22H16N4O6. The molecule has 0 radical (unpaired) electrons. The highest BCUT2D eigenvalue weighted by Gasteiger charge is 2.22. The molecule has 0 aliphatic rings. The number of nitro benzene ring substituents is 3. The molecule has 0 saturated carbocycles. The number of non-ortho nitro benzene ring substituents is 1. The molecule has 3 rings (SSSR count). The van der Waals surface area contributed by atoms with Crippen LogP contribution < -0.4 is 5.73 Å². The molecular weight excluding hydrogens is 416 g/mol. The van der Waals surface area contributed by atoms with Crippen LogP contribution >= 0.6 is 0 Å². The van der Waals surface area contributed by atoms with Crippen LogP contribution in [0.1, 0.15) is 22.3 Å². The van der Waals surface area contributed by atoms with E-state index >= 15 is 0 Å². The van der Waals surface area contributed by atoms with Gasteiger partial charge in [-0.05, 0) is 35.4 Å². The first-order valence-electron chi connectivity index (χ1n) is 9.18. The lowest BCUT2D eigenvalue weighted by Crippen LogP contribution is -1.98. The van der Waals surface area contributed by atoms with E-state index in [0.717, 1.165) is 6.07 Å². The predicted octanol–water partition coefficient (Wildman–Crippen LogP) is 5.33. The molecule has 0 aliphatic carbocycles. The Kier molecular flexibility index (Phi) is 6.35. The number of rotatable bonds is 7. The molecule has 0 spiro atoms. The van der Waals surface area contributed by atoms with E-state index in [1.165, 1.54) is 42.5 Å². The number of hydrogen-bond donors (Lipinski definition) is 1. The lowest BCUT2D eigenvalue weighted by atomic mass is 10.0. The van der Waals surface area contributed by atoms with Gasteiger partial charge in [0.05, 0.1) is 32.0 Å². The summed E-state index contributed by atoms with van der Waals surface area (Å²) < 4.78 is 0. The van der Waals surface area contributed by atoms with E-state index in [4.69, 9.17) is 5.73 Å². The summed E-state index contributed by atoms with van der Waals surface area (Å²) in [7, 11) is 0. The first kappa shape index (κ1) is 21.8. The van der Waals surface area contributed by atoms with E-state index in [1.807, 2.05) is 0 Å². The fraction of sp³-hybridized carbons (Fsp3) is 0. The van der Waals surface area contributed by atoms with Crippen molar-refractivity contribution >= 4 is 47.1 Å². The number of hydrogen-bond acceptors (Lipinski definition) is 7. The topological polar surface area (TPSA) is 155 Å². The number of nitrogens with two attached hydrogens (primary N) is 1. The number of anilines is 1. The molecule has 0 fully saturated rings. The van der Waals surface area contributed by atoms with Crippen LogP contribution in [0.15, 0.2) is 60.7 Å². The molecule has 10 nitrogen and oxygen atoms in total. The molecule has 10 heteroatoms. The molecule has 0 bridgehead atoms. The second-order valence-electron chi connectivity index (χ2n) is 6.63. The minimum atomic E-state index is -0.719. The van der Waals surface area contributed by atoms with E-state index in [1.54, 1.807) is 36.4 Å². The average molecular weight is 432 g/mol. The minimum Gasteiger partial charge on any atom is -0.398 e. The lowest BCUT2D eigenvalue weighted by molar-refractivity contribution is -0.394. The maximum Gasteiger partial charge on any atom is 0.283 e. The predicted molar refractivity (Wildman–Crippen MR) is 122 cm³/mol. The third-order valence-corrected chi connectivity index (χ3v) is 4.54. The van der Waals surface area contributed by atoms with Crippen LogP contribution in [0.25, 0.3) is 24.3 Å². The van der Waals surface area contributed by atoms with Gasteiger partial charge in [0.1, 0.15) is 0 Å². The molecule has 0 heterocycles. The number of nitro groups is 3. The van der Waals surface area contributed by atoms with Gasteiger partial charge in [0.15, 0.2) is 0 Å². The first-order chi connectivity index (χ1) is 15.3. The molecule has 0 amide bonds. The van der Waals surface area contributed by atoms with Crippen molar-refractivity contribution in [3.05, 3.63) is 113 Å². The van der Waals surface area contributed by atoms with Gasteiger partial charge in [0, 0.05) is 17.8 Å². The Bertz CT molecular complexity index is 1280. The van der Waals surface area contributed by atoms with Crippen molar-refractivity contribution in [1.29, 1.82) is 0 Å². The summed E-state index contributed by atoms with van der Waals surface area (Å²) in [5.41, 5.74) is 6.66. The summed E-state index contributed by atoms with van der Waals surface area (Å²) in [6.07, 6.45) is 5.88. The Morgan fingerprint density at radius 1 is 0.625 bits per heavy atom. The fourth-order valence-corrected chi connectivity index (χ4v) is 2.97. The highest BCUT2D eigenvalue weighted by molar-refractivity contribution is 5.83. The summed E-state index contributed by atoms with van der Waals surface area (Å²) in [4.78, 5) is 32.0. The van der Waals surface area contributed by atoms with E-state index in [0.29, 0.717) is 16.8 Å². The van der Waals surface area contributed by atoms with Crippen LogP contribution in [0.5, 0.6) is 0 Å².